The summed E-state index contributed by atoms with van der Waals surface area (Å²) in [5.74, 6) is -0.812. The van der Waals surface area contributed by atoms with E-state index in [1.165, 1.54) is 38.1 Å². The van der Waals surface area contributed by atoms with Crippen molar-refractivity contribution < 1.29 is 21.6 Å². The largest absolute Gasteiger partial charge is 0.273 e. The van der Waals surface area contributed by atoms with Crippen LogP contribution in [0.5, 0.6) is 0 Å². The lowest BCUT2D eigenvalue weighted by atomic mass is 10.1. The average Bonchev–Trinajstić information content (AvgIpc) is 2.71. The van der Waals surface area contributed by atoms with Crippen molar-refractivity contribution in [2.24, 2.45) is 0 Å². The number of sulfonamides is 2. The van der Waals surface area contributed by atoms with E-state index in [1.807, 2.05) is 6.07 Å². The topological polar surface area (TPSA) is 124 Å². The van der Waals surface area contributed by atoms with Crippen molar-refractivity contribution in [3.8, 4) is 6.07 Å². The summed E-state index contributed by atoms with van der Waals surface area (Å²) >= 11 is 0. The Morgan fingerprint density at radius 3 is 2.26 bits per heavy atom. The monoisotopic (exact) mass is 357 g/mol. The minimum absolute atomic E-state index is 0.0889. The maximum absolute atomic E-state index is 12.2. The van der Waals surface area contributed by atoms with Crippen LogP contribution in [0.25, 0.3) is 0 Å². The lowest BCUT2D eigenvalue weighted by molar-refractivity contribution is -0.116. The molecule has 1 aromatic carbocycles. The molecular formula is C13H15N3O5S2. The van der Waals surface area contributed by atoms with E-state index in [1.54, 1.807) is 0 Å². The van der Waals surface area contributed by atoms with Crippen molar-refractivity contribution in [2.45, 2.75) is 30.7 Å². The summed E-state index contributed by atoms with van der Waals surface area (Å²) < 4.78 is 50.9. The molecule has 0 aromatic heterocycles. The van der Waals surface area contributed by atoms with Crippen molar-refractivity contribution >= 4 is 31.6 Å². The molecule has 1 fully saturated rings. The van der Waals surface area contributed by atoms with Gasteiger partial charge in [-0.1, -0.05) is 0 Å². The second kappa shape index (κ2) is 5.59. The maximum atomic E-state index is 12.2. The Balaban J connectivity index is 2.34. The van der Waals surface area contributed by atoms with Crippen LogP contribution in [0, 0.1) is 11.3 Å². The molecule has 1 aliphatic rings. The summed E-state index contributed by atoms with van der Waals surface area (Å²) in [6, 6.07) is 6.68. The van der Waals surface area contributed by atoms with Gasteiger partial charge in [-0.05, 0) is 38.1 Å². The van der Waals surface area contributed by atoms with Crippen molar-refractivity contribution in [3.05, 3.63) is 24.3 Å². The van der Waals surface area contributed by atoms with Crippen LogP contribution < -0.4 is 9.03 Å². The number of anilines is 1. The minimum atomic E-state index is -3.94. The Hall–Kier alpha value is -1.96. The van der Waals surface area contributed by atoms with Gasteiger partial charge in [0, 0.05) is 6.42 Å². The Morgan fingerprint density at radius 2 is 1.83 bits per heavy atom. The van der Waals surface area contributed by atoms with Crippen molar-refractivity contribution in [1.29, 1.82) is 5.26 Å². The zero-order chi connectivity index (χ0) is 17.5. The van der Waals surface area contributed by atoms with Crippen molar-refractivity contribution in [1.82, 2.24) is 4.72 Å². The Bertz CT molecular complexity index is 881. The molecule has 1 aromatic rings. The lowest BCUT2D eigenvalue weighted by Gasteiger charge is -2.18. The van der Waals surface area contributed by atoms with Gasteiger partial charge < -0.3 is 0 Å². The zero-order valence-corrected chi connectivity index (χ0v) is 14.1. The Kier molecular flexibility index (Phi) is 4.23. The SMILES string of the molecule is CC(C)(C#N)NS(=O)(=O)c1ccc(N2C(=O)CCS2(=O)=O)cc1. The van der Waals surface area contributed by atoms with Gasteiger partial charge in [-0.15, -0.1) is 0 Å². The first-order valence-corrected chi connectivity index (χ1v) is 9.69. The number of benzene rings is 1. The summed E-state index contributed by atoms with van der Waals surface area (Å²) in [5, 5.41) is 8.89. The fourth-order valence-electron chi connectivity index (χ4n) is 2.05. The van der Waals surface area contributed by atoms with Crippen LogP contribution in [0.15, 0.2) is 29.2 Å². The standard InChI is InChI=1S/C13H15N3O5S2/c1-13(2,9-14)15-23(20,21)11-5-3-10(4-6-11)16-12(17)7-8-22(16,18)19/h3-6,15H,7-8H2,1-2H3. The first kappa shape index (κ1) is 17.4. The molecule has 0 atom stereocenters. The van der Waals surface area contributed by atoms with E-state index >= 15 is 0 Å². The maximum Gasteiger partial charge on any atom is 0.242 e. The van der Waals surface area contributed by atoms with Gasteiger partial charge in [0.15, 0.2) is 0 Å². The van der Waals surface area contributed by atoms with E-state index < -0.39 is 31.5 Å². The number of hydrogen-bond donors (Lipinski definition) is 1. The lowest BCUT2D eigenvalue weighted by Crippen LogP contribution is -2.41. The molecule has 1 heterocycles. The number of amides is 1. The van der Waals surface area contributed by atoms with Crippen LogP contribution in [-0.4, -0.2) is 34.0 Å². The van der Waals surface area contributed by atoms with Crippen LogP contribution in [0.2, 0.25) is 0 Å². The number of carbonyl (C=O) groups excluding carboxylic acids is 1. The highest BCUT2D eigenvalue weighted by Gasteiger charge is 2.36. The van der Waals surface area contributed by atoms with Gasteiger partial charge in [-0.3, -0.25) is 4.79 Å². The number of nitriles is 1. The third-order valence-electron chi connectivity index (χ3n) is 3.13. The molecule has 8 nitrogen and oxygen atoms in total. The second-order valence-electron chi connectivity index (χ2n) is 5.56. The number of nitrogens with zero attached hydrogens (tertiary/aromatic N) is 2. The van der Waals surface area contributed by atoms with Gasteiger partial charge in [0.2, 0.25) is 26.0 Å². The number of nitrogens with one attached hydrogen (secondary N) is 1. The van der Waals surface area contributed by atoms with Crippen LogP contribution in [-0.2, 0) is 24.8 Å². The molecule has 23 heavy (non-hydrogen) atoms. The molecule has 1 amide bonds. The molecule has 0 spiro atoms. The molecule has 10 heteroatoms. The highest BCUT2D eigenvalue weighted by Crippen LogP contribution is 2.26. The molecule has 0 unspecified atom stereocenters. The third kappa shape index (κ3) is 3.52. The summed E-state index contributed by atoms with van der Waals surface area (Å²) in [6.07, 6.45) is -0.0969. The normalized spacial score (nSPS) is 18.0. The molecule has 1 saturated heterocycles. The second-order valence-corrected chi connectivity index (χ2v) is 9.18. The van der Waals surface area contributed by atoms with E-state index in [0.717, 1.165) is 0 Å². The fourth-order valence-corrected chi connectivity index (χ4v) is 4.84. The smallest absolute Gasteiger partial charge is 0.242 e. The first-order valence-electron chi connectivity index (χ1n) is 6.60. The van der Waals surface area contributed by atoms with E-state index in [0.29, 0.717) is 4.31 Å². The Labute approximate surface area is 134 Å². The molecular weight excluding hydrogens is 342 g/mol. The molecule has 2 rings (SSSR count). The predicted octanol–water partition coefficient (Wildman–Crippen LogP) is 0.334. The summed E-state index contributed by atoms with van der Waals surface area (Å²) in [7, 11) is -7.63. The quantitative estimate of drug-likeness (QED) is 0.828. The van der Waals surface area contributed by atoms with Crippen molar-refractivity contribution in [3.63, 3.8) is 0 Å². The van der Waals surface area contributed by atoms with E-state index in [9.17, 15) is 21.6 Å². The highest BCUT2D eigenvalue weighted by atomic mass is 32.2. The van der Waals surface area contributed by atoms with E-state index in [2.05, 4.69) is 4.72 Å². The van der Waals surface area contributed by atoms with Gasteiger partial charge in [0.05, 0.1) is 22.4 Å². The summed E-state index contributed by atoms with van der Waals surface area (Å²) in [4.78, 5) is 11.5. The minimum Gasteiger partial charge on any atom is -0.273 e. The molecule has 1 N–H and O–H groups in total. The number of rotatable bonds is 4. The average molecular weight is 357 g/mol. The molecule has 0 aliphatic carbocycles. The third-order valence-corrected chi connectivity index (χ3v) is 6.49. The first-order chi connectivity index (χ1) is 10.5. The van der Waals surface area contributed by atoms with Crippen LogP contribution in [0.3, 0.4) is 0 Å². The molecule has 1 aliphatic heterocycles. The molecule has 0 radical (unpaired) electrons. The fraction of sp³-hybridized carbons (Fsp3) is 0.385. The Morgan fingerprint density at radius 1 is 1.26 bits per heavy atom. The van der Waals surface area contributed by atoms with Gasteiger partial charge in [-0.25, -0.2) is 21.1 Å². The number of hydrogen-bond acceptors (Lipinski definition) is 6. The van der Waals surface area contributed by atoms with Crippen LogP contribution in [0.1, 0.15) is 20.3 Å². The molecule has 124 valence electrons. The zero-order valence-electron chi connectivity index (χ0n) is 12.5. The van der Waals surface area contributed by atoms with Gasteiger partial charge in [0.25, 0.3) is 0 Å². The van der Waals surface area contributed by atoms with E-state index in [-0.39, 0.29) is 22.8 Å². The van der Waals surface area contributed by atoms with Gasteiger partial charge in [-0.2, -0.15) is 9.98 Å². The predicted molar refractivity (Wildman–Crippen MR) is 82.3 cm³/mol. The summed E-state index contributed by atoms with van der Waals surface area (Å²) in [5.41, 5.74) is -1.20. The van der Waals surface area contributed by atoms with Gasteiger partial charge in [0.1, 0.15) is 5.54 Å². The molecule has 0 saturated carbocycles. The molecule has 0 bridgehead atoms. The van der Waals surface area contributed by atoms with E-state index in [4.69, 9.17) is 5.26 Å². The van der Waals surface area contributed by atoms with Crippen LogP contribution >= 0.6 is 0 Å². The number of carbonyl (C=O) groups is 1. The van der Waals surface area contributed by atoms with Gasteiger partial charge >= 0.3 is 0 Å². The van der Waals surface area contributed by atoms with Crippen molar-refractivity contribution in [2.75, 3.05) is 10.1 Å². The summed E-state index contributed by atoms with van der Waals surface area (Å²) in [6.45, 7) is 2.82. The highest BCUT2D eigenvalue weighted by molar-refractivity contribution is 7.94. The van der Waals surface area contributed by atoms with Crippen LogP contribution in [0.4, 0.5) is 5.69 Å².